The van der Waals surface area contributed by atoms with Crippen LogP contribution in [0.25, 0.3) is 0 Å². The van der Waals surface area contributed by atoms with Gasteiger partial charge in [0.2, 0.25) is 5.91 Å². The van der Waals surface area contributed by atoms with Gasteiger partial charge in [0.05, 0.1) is 11.0 Å². The Bertz CT molecular complexity index is 877. The van der Waals surface area contributed by atoms with Crippen LogP contribution in [0.1, 0.15) is 49.0 Å². The molecule has 0 saturated carbocycles. The summed E-state index contributed by atoms with van der Waals surface area (Å²) in [6.07, 6.45) is 3.45. The van der Waals surface area contributed by atoms with Crippen molar-refractivity contribution in [2.75, 3.05) is 29.2 Å². The monoisotopic (exact) mass is 427 g/mol. The zero-order valence-corrected chi connectivity index (χ0v) is 18.5. The molecular weight excluding hydrogens is 398 g/mol. The summed E-state index contributed by atoms with van der Waals surface area (Å²) in [7, 11) is 0. The largest absolute Gasteiger partial charge is 0.371 e. The standard InChI is InChI=1S/C24H30ClN3O2/c1-24(2,17-25)23(30)27-19-11-12-21(28-13-7-4-8-14-28)20(15-19)22(29)26-16-18-9-5-3-6-10-18/h3,5-6,9-12,15H,4,7-8,13-14,16-17H2,1-2H3,(H,26,29)(H,27,30). The van der Waals surface area contributed by atoms with E-state index in [0.717, 1.165) is 37.2 Å². The molecule has 1 saturated heterocycles. The second-order valence-electron chi connectivity index (χ2n) is 8.42. The average molecular weight is 428 g/mol. The molecule has 0 aromatic heterocycles. The minimum Gasteiger partial charge on any atom is -0.371 e. The number of carbonyl (C=O) groups excluding carboxylic acids is 2. The van der Waals surface area contributed by atoms with Crippen molar-refractivity contribution in [2.45, 2.75) is 39.7 Å². The van der Waals surface area contributed by atoms with Gasteiger partial charge in [0, 0.05) is 36.9 Å². The minimum atomic E-state index is -0.692. The van der Waals surface area contributed by atoms with Crippen LogP contribution in [-0.4, -0.2) is 30.8 Å². The van der Waals surface area contributed by atoms with Crippen LogP contribution < -0.4 is 15.5 Å². The zero-order chi connectivity index (χ0) is 21.6. The normalized spacial score (nSPS) is 14.3. The van der Waals surface area contributed by atoms with E-state index in [1.54, 1.807) is 19.9 Å². The van der Waals surface area contributed by atoms with E-state index in [2.05, 4.69) is 15.5 Å². The number of amides is 2. The van der Waals surface area contributed by atoms with E-state index < -0.39 is 5.41 Å². The van der Waals surface area contributed by atoms with Gasteiger partial charge in [-0.25, -0.2) is 0 Å². The van der Waals surface area contributed by atoms with Gasteiger partial charge in [-0.3, -0.25) is 9.59 Å². The molecule has 6 heteroatoms. The van der Waals surface area contributed by atoms with Crippen LogP contribution in [-0.2, 0) is 11.3 Å². The molecule has 160 valence electrons. The summed E-state index contributed by atoms with van der Waals surface area (Å²) < 4.78 is 0. The van der Waals surface area contributed by atoms with Gasteiger partial charge in [0.15, 0.2) is 0 Å². The highest BCUT2D eigenvalue weighted by atomic mass is 35.5. The molecule has 0 aliphatic carbocycles. The number of hydrogen-bond donors (Lipinski definition) is 2. The van der Waals surface area contributed by atoms with E-state index in [9.17, 15) is 9.59 Å². The lowest BCUT2D eigenvalue weighted by molar-refractivity contribution is -0.122. The highest BCUT2D eigenvalue weighted by molar-refractivity contribution is 6.20. The van der Waals surface area contributed by atoms with Crippen LogP contribution in [0.2, 0.25) is 0 Å². The molecule has 2 aromatic rings. The quantitative estimate of drug-likeness (QED) is 0.623. The first-order chi connectivity index (χ1) is 14.4. The smallest absolute Gasteiger partial charge is 0.253 e. The van der Waals surface area contributed by atoms with E-state index in [1.165, 1.54) is 6.42 Å². The molecule has 0 bridgehead atoms. The molecule has 1 aliphatic rings. The molecule has 30 heavy (non-hydrogen) atoms. The van der Waals surface area contributed by atoms with Gasteiger partial charge in [0.25, 0.3) is 5.91 Å². The fraction of sp³-hybridized carbons (Fsp3) is 0.417. The van der Waals surface area contributed by atoms with Crippen LogP contribution in [0, 0.1) is 5.41 Å². The number of nitrogens with zero attached hydrogens (tertiary/aromatic N) is 1. The minimum absolute atomic E-state index is 0.146. The summed E-state index contributed by atoms with van der Waals surface area (Å²) in [6, 6.07) is 15.4. The third-order valence-corrected chi connectivity index (χ3v) is 6.11. The number of anilines is 2. The summed E-state index contributed by atoms with van der Waals surface area (Å²) in [4.78, 5) is 27.9. The van der Waals surface area contributed by atoms with Gasteiger partial charge in [0.1, 0.15) is 0 Å². The lowest BCUT2D eigenvalue weighted by Crippen LogP contribution is -2.34. The van der Waals surface area contributed by atoms with E-state index in [-0.39, 0.29) is 17.7 Å². The Hall–Kier alpha value is -2.53. The highest BCUT2D eigenvalue weighted by Gasteiger charge is 2.27. The number of benzene rings is 2. The maximum atomic E-state index is 13.1. The van der Waals surface area contributed by atoms with E-state index in [1.807, 2.05) is 42.5 Å². The van der Waals surface area contributed by atoms with E-state index in [4.69, 9.17) is 11.6 Å². The van der Waals surface area contributed by atoms with Crippen LogP contribution in [0.4, 0.5) is 11.4 Å². The predicted octanol–water partition coefficient (Wildman–Crippen LogP) is 4.81. The van der Waals surface area contributed by atoms with Gasteiger partial charge in [-0.15, -0.1) is 11.6 Å². The molecule has 3 rings (SSSR count). The van der Waals surface area contributed by atoms with Crippen molar-refractivity contribution in [3.63, 3.8) is 0 Å². The molecule has 5 nitrogen and oxygen atoms in total. The first-order valence-electron chi connectivity index (χ1n) is 10.5. The first-order valence-corrected chi connectivity index (χ1v) is 11.0. The maximum absolute atomic E-state index is 13.1. The van der Waals surface area contributed by atoms with Gasteiger partial charge in [-0.2, -0.15) is 0 Å². The Morgan fingerprint density at radius 3 is 2.40 bits per heavy atom. The van der Waals surface area contributed by atoms with Crippen molar-refractivity contribution in [2.24, 2.45) is 5.41 Å². The summed E-state index contributed by atoms with van der Waals surface area (Å²) in [5, 5.41) is 5.93. The Kier molecular flexibility index (Phi) is 7.38. The molecule has 0 unspecified atom stereocenters. The molecule has 2 N–H and O–H groups in total. The second-order valence-corrected chi connectivity index (χ2v) is 8.69. The number of halogens is 1. The number of alkyl halides is 1. The molecule has 1 aliphatic heterocycles. The molecular formula is C24H30ClN3O2. The molecule has 2 amide bonds. The molecule has 2 aromatic carbocycles. The summed E-state index contributed by atoms with van der Waals surface area (Å²) >= 11 is 5.93. The third kappa shape index (κ3) is 5.54. The lowest BCUT2D eigenvalue weighted by Gasteiger charge is -2.30. The van der Waals surface area contributed by atoms with Crippen molar-refractivity contribution in [1.82, 2.24) is 5.32 Å². The van der Waals surface area contributed by atoms with Crippen molar-refractivity contribution in [3.05, 3.63) is 59.7 Å². The Morgan fingerprint density at radius 2 is 1.73 bits per heavy atom. The SMILES string of the molecule is CC(C)(CCl)C(=O)Nc1ccc(N2CCCCC2)c(C(=O)NCc2ccccc2)c1. The van der Waals surface area contributed by atoms with Crippen LogP contribution in [0.15, 0.2) is 48.5 Å². The third-order valence-electron chi connectivity index (χ3n) is 5.44. The summed E-state index contributed by atoms with van der Waals surface area (Å²) in [5.41, 5.74) is 2.44. The average Bonchev–Trinajstić information content (AvgIpc) is 2.78. The number of carbonyl (C=O) groups is 2. The number of piperidine rings is 1. The van der Waals surface area contributed by atoms with Crippen LogP contribution in [0.5, 0.6) is 0 Å². The second kappa shape index (κ2) is 9.98. The fourth-order valence-corrected chi connectivity index (χ4v) is 3.56. The number of nitrogens with one attached hydrogen (secondary N) is 2. The first kappa shape index (κ1) is 22.2. The van der Waals surface area contributed by atoms with Crippen LogP contribution >= 0.6 is 11.6 Å². The van der Waals surface area contributed by atoms with Gasteiger partial charge in [-0.05, 0) is 56.9 Å². The number of rotatable bonds is 7. The molecule has 0 radical (unpaired) electrons. The Balaban J connectivity index is 1.84. The van der Waals surface area contributed by atoms with Gasteiger partial charge < -0.3 is 15.5 Å². The summed E-state index contributed by atoms with van der Waals surface area (Å²) in [6.45, 7) is 5.92. The zero-order valence-electron chi connectivity index (χ0n) is 17.7. The maximum Gasteiger partial charge on any atom is 0.253 e. The molecule has 0 atom stereocenters. The van der Waals surface area contributed by atoms with Crippen LogP contribution in [0.3, 0.4) is 0 Å². The van der Waals surface area contributed by atoms with Crippen molar-refractivity contribution in [1.29, 1.82) is 0 Å². The molecule has 1 fully saturated rings. The molecule has 1 heterocycles. The van der Waals surface area contributed by atoms with E-state index in [0.29, 0.717) is 17.8 Å². The topological polar surface area (TPSA) is 61.4 Å². The Labute approximate surface area is 183 Å². The van der Waals surface area contributed by atoms with Crippen molar-refractivity contribution >= 4 is 34.8 Å². The lowest BCUT2D eigenvalue weighted by atomic mass is 9.95. The predicted molar refractivity (Wildman–Crippen MR) is 123 cm³/mol. The van der Waals surface area contributed by atoms with Gasteiger partial charge in [-0.1, -0.05) is 30.3 Å². The number of hydrogen-bond acceptors (Lipinski definition) is 3. The summed E-state index contributed by atoms with van der Waals surface area (Å²) in [5.74, 6) is -0.0965. The van der Waals surface area contributed by atoms with E-state index >= 15 is 0 Å². The highest BCUT2D eigenvalue weighted by Crippen LogP contribution is 2.28. The Morgan fingerprint density at radius 1 is 1.03 bits per heavy atom. The fourth-order valence-electron chi connectivity index (χ4n) is 3.44. The van der Waals surface area contributed by atoms with Gasteiger partial charge >= 0.3 is 0 Å². The molecule has 0 spiro atoms. The van der Waals surface area contributed by atoms with Crippen molar-refractivity contribution < 1.29 is 9.59 Å². The van der Waals surface area contributed by atoms with Crippen molar-refractivity contribution in [3.8, 4) is 0 Å².